The van der Waals surface area contributed by atoms with Crippen molar-refractivity contribution in [1.82, 2.24) is 4.98 Å². The second-order valence-corrected chi connectivity index (χ2v) is 8.96. The van der Waals surface area contributed by atoms with Crippen molar-refractivity contribution in [2.45, 2.75) is 12.8 Å². The normalized spacial score (nSPS) is 13.9. The molecule has 4 rings (SSSR count). The zero-order valence-electron chi connectivity index (χ0n) is 15.8. The lowest BCUT2D eigenvalue weighted by Crippen LogP contribution is -2.34. The van der Waals surface area contributed by atoms with Crippen LogP contribution in [0.1, 0.15) is 32.8 Å². The number of Topliss-reactive ketones (excluding diaryl/α,β-unsaturated/α-hetero) is 1. The van der Waals surface area contributed by atoms with Crippen LogP contribution in [0.5, 0.6) is 0 Å². The number of nitrogens with zero attached hydrogens (tertiary/aromatic N) is 1. The SMILES string of the molecule is CS(=O)(=O)N1CCCc2cc(C(=O)COC(=O)c3cc4ccccc4[nH]3)ccc21. The number of aryl methyl sites for hydroxylation is 1. The minimum atomic E-state index is -3.36. The standard InChI is InChI=1S/C21H20N2O5S/c1-29(26,27)23-10-4-6-15-11-16(8-9-19(15)23)20(24)13-28-21(25)18-12-14-5-2-3-7-17(14)22-18/h2-3,5,7-9,11-12,22H,4,6,10,13H2,1H3. The third kappa shape index (κ3) is 3.88. The molecule has 7 nitrogen and oxygen atoms in total. The molecule has 0 spiro atoms. The number of rotatable bonds is 5. The Morgan fingerprint density at radius 2 is 1.93 bits per heavy atom. The summed E-state index contributed by atoms with van der Waals surface area (Å²) in [6, 6.07) is 14.0. The van der Waals surface area contributed by atoms with Crippen molar-refractivity contribution in [3.8, 4) is 0 Å². The van der Waals surface area contributed by atoms with E-state index in [1.807, 2.05) is 24.3 Å². The van der Waals surface area contributed by atoms with E-state index in [1.165, 1.54) is 10.6 Å². The van der Waals surface area contributed by atoms with Crippen molar-refractivity contribution in [2.24, 2.45) is 0 Å². The minimum absolute atomic E-state index is 0.285. The van der Waals surface area contributed by atoms with Gasteiger partial charge >= 0.3 is 5.97 Å². The van der Waals surface area contributed by atoms with Crippen LogP contribution in [0.3, 0.4) is 0 Å². The van der Waals surface area contributed by atoms with Gasteiger partial charge in [-0.25, -0.2) is 13.2 Å². The summed E-state index contributed by atoms with van der Waals surface area (Å²) in [5.41, 5.74) is 2.90. The Kier molecular flexibility index (Phi) is 4.87. The van der Waals surface area contributed by atoms with Crippen LogP contribution in [-0.2, 0) is 21.2 Å². The minimum Gasteiger partial charge on any atom is -0.453 e. The van der Waals surface area contributed by atoms with Gasteiger partial charge in [-0.05, 0) is 48.7 Å². The first-order chi connectivity index (χ1) is 13.8. The van der Waals surface area contributed by atoms with E-state index >= 15 is 0 Å². The zero-order valence-corrected chi connectivity index (χ0v) is 16.7. The number of ketones is 1. The lowest BCUT2D eigenvalue weighted by molar-refractivity contribution is 0.0470. The Bertz CT molecular complexity index is 1180. The largest absolute Gasteiger partial charge is 0.453 e. The molecule has 3 aromatic rings. The Morgan fingerprint density at radius 3 is 2.69 bits per heavy atom. The average molecular weight is 412 g/mol. The number of anilines is 1. The van der Waals surface area contributed by atoms with Crippen molar-refractivity contribution in [2.75, 3.05) is 23.7 Å². The van der Waals surface area contributed by atoms with Gasteiger partial charge in [-0.3, -0.25) is 9.10 Å². The summed E-state index contributed by atoms with van der Waals surface area (Å²) < 4.78 is 30.4. The van der Waals surface area contributed by atoms with Gasteiger partial charge in [0.05, 0.1) is 11.9 Å². The highest BCUT2D eigenvalue weighted by atomic mass is 32.2. The molecule has 2 heterocycles. The fourth-order valence-electron chi connectivity index (χ4n) is 3.56. The van der Waals surface area contributed by atoms with Crippen LogP contribution in [0.4, 0.5) is 5.69 Å². The van der Waals surface area contributed by atoms with Gasteiger partial charge in [0.1, 0.15) is 5.69 Å². The lowest BCUT2D eigenvalue weighted by Gasteiger charge is -2.29. The van der Waals surface area contributed by atoms with E-state index in [4.69, 9.17) is 4.74 Å². The van der Waals surface area contributed by atoms with Crippen molar-refractivity contribution >= 4 is 38.4 Å². The maximum atomic E-state index is 12.5. The van der Waals surface area contributed by atoms with Crippen LogP contribution >= 0.6 is 0 Å². The molecular weight excluding hydrogens is 392 g/mol. The number of carbonyl (C=O) groups excluding carboxylic acids is 2. The van der Waals surface area contributed by atoms with E-state index < -0.39 is 16.0 Å². The van der Waals surface area contributed by atoms with Crippen molar-refractivity contribution in [3.05, 3.63) is 65.4 Å². The van der Waals surface area contributed by atoms with E-state index in [1.54, 1.807) is 24.3 Å². The maximum absolute atomic E-state index is 12.5. The van der Waals surface area contributed by atoms with Gasteiger partial charge in [-0.1, -0.05) is 18.2 Å². The van der Waals surface area contributed by atoms with Crippen LogP contribution in [0, 0.1) is 0 Å². The zero-order chi connectivity index (χ0) is 20.6. The molecule has 8 heteroatoms. The van der Waals surface area contributed by atoms with Crippen LogP contribution in [0.25, 0.3) is 10.9 Å². The summed E-state index contributed by atoms with van der Waals surface area (Å²) in [6.07, 6.45) is 2.55. The molecule has 29 heavy (non-hydrogen) atoms. The number of para-hydroxylation sites is 1. The fraction of sp³-hybridized carbons (Fsp3) is 0.238. The molecule has 1 aromatic heterocycles. The number of ether oxygens (including phenoxy) is 1. The first-order valence-corrected chi connectivity index (χ1v) is 11.1. The molecule has 2 aromatic carbocycles. The Labute approximate surface area is 168 Å². The molecule has 0 radical (unpaired) electrons. The first kappa shape index (κ1) is 19.2. The van der Waals surface area contributed by atoms with Crippen LogP contribution in [0.2, 0.25) is 0 Å². The Hall–Kier alpha value is -3.13. The Balaban J connectivity index is 1.47. The average Bonchev–Trinajstić information content (AvgIpc) is 3.14. The number of benzene rings is 2. The van der Waals surface area contributed by atoms with Crippen molar-refractivity contribution in [1.29, 1.82) is 0 Å². The van der Waals surface area contributed by atoms with Crippen LogP contribution < -0.4 is 4.31 Å². The smallest absolute Gasteiger partial charge is 0.355 e. The summed E-state index contributed by atoms with van der Waals surface area (Å²) in [5.74, 6) is -0.940. The molecule has 1 N–H and O–H groups in total. The third-order valence-electron chi connectivity index (χ3n) is 4.96. The summed E-state index contributed by atoms with van der Waals surface area (Å²) >= 11 is 0. The van der Waals surface area contributed by atoms with E-state index in [-0.39, 0.29) is 18.1 Å². The number of aromatic amines is 1. The van der Waals surface area contributed by atoms with Gasteiger partial charge in [0.15, 0.2) is 12.4 Å². The lowest BCUT2D eigenvalue weighted by atomic mass is 9.99. The molecule has 0 amide bonds. The summed E-state index contributed by atoms with van der Waals surface area (Å²) in [5, 5.41) is 0.885. The molecule has 150 valence electrons. The molecular formula is C21H20N2O5S. The van der Waals surface area contributed by atoms with Gasteiger partial charge in [0.2, 0.25) is 10.0 Å². The maximum Gasteiger partial charge on any atom is 0.355 e. The van der Waals surface area contributed by atoms with Crippen molar-refractivity contribution in [3.63, 3.8) is 0 Å². The van der Waals surface area contributed by atoms with Gasteiger partial charge in [-0.15, -0.1) is 0 Å². The number of H-pyrrole nitrogens is 1. The highest BCUT2D eigenvalue weighted by Crippen LogP contribution is 2.30. The van der Waals surface area contributed by atoms with Gasteiger partial charge in [-0.2, -0.15) is 0 Å². The summed E-state index contributed by atoms with van der Waals surface area (Å²) in [6.45, 7) is 0.0457. The number of sulfonamides is 1. The molecule has 0 bridgehead atoms. The van der Waals surface area contributed by atoms with Crippen molar-refractivity contribution < 1.29 is 22.7 Å². The molecule has 0 saturated heterocycles. The van der Waals surface area contributed by atoms with Gasteiger partial charge in [0, 0.05) is 23.0 Å². The quantitative estimate of drug-likeness (QED) is 0.513. The number of hydrogen-bond donors (Lipinski definition) is 1. The summed E-state index contributed by atoms with van der Waals surface area (Å²) in [7, 11) is -3.36. The monoisotopic (exact) mass is 412 g/mol. The number of nitrogens with one attached hydrogen (secondary N) is 1. The van der Waals surface area contributed by atoms with E-state index in [0.29, 0.717) is 30.6 Å². The third-order valence-corrected chi connectivity index (χ3v) is 6.14. The number of carbonyl (C=O) groups is 2. The first-order valence-electron chi connectivity index (χ1n) is 9.21. The second kappa shape index (κ2) is 7.36. The molecule has 0 atom stereocenters. The van der Waals surface area contributed by atoms with E-state index in [0.717, 1.165) is 16.5 Å². The molecule has 1 aliphatic rings. The topological polar surface area (TPSA) is 96.5 Å². The predicted molar refractivity (Wildman–Crippen MR) is 110 cm³/mol. The number of hydrogen-bond acceptors (Lipinski definition) is 5. The number of aromatic nitrogens is 1. The highest BCUT2D eigenvalue weighted by molar-refractivity contribution is 7.92. The molecule has 0 fully saturated rings. The second-order valence-electron chi connectivity index (χ2n) is 7.05. The van der Waals surface area contributed by atoms with Crippen LogP contribution in [-0.4, -0.2) is 44.6 Å². The molecule has 0 saturated carbocycles. The molecule has 0 aliphatic carbocycles. The molecule has 0 unspecified atom stereocenters. The van der Waals surface area contributed by atoms with E-state index in [9.17, 15) is 18.0 Å². The van der Waals surface area contributed by atoms with Gasteiger partial charge < -0.3 is 9.72 Å². The predicted octanol–water partition coefficient (Wildman–Crippen LogP) is 2.92. The number of fused-ring (bicyclic) bond motifs is 2. The molecule has 1 aliphatic heterocycles. The Morgan fingerprint density at radius 1 is 1.14 bits per heavy atom. The fourth-order valence-corrected chi connectivity index (χ4v) is 4.55. The number of esters is 1. The summed E-state index contributed by atoms with van der Waals surface area (Å²) in [4.78, 5) is 27.7. The van der Waals surface area contributed by atoms with Crippen LogP contribution in [0.15, 0.2) is 48.5 Å². The van der Waals surface area contributed by atoms with E-state index in [2.05, 4.69) is 4.98 Å². The highest BCUT2D eigenvalue weighted by Gasteiger charge is 2.25. The van der Waals surface area contributed by atoms with Gasteiger partial charge in [0.25, 0.3) is 0 Å².